The zero-order chi connectivity index (χ0) is 13.1. The van der Waals surface area contributed by atoms with Crippen molar-refractivity contribution in [2.45, 2.75) is 51.0 Å². The van der Waals surface area contributed by atoms with Crippen LogP contribution in [0.4, 0.5) is 0 Å². The van der Waals surface area contributed by atoms with E-state index in [1.807, 2.05) is 0 Å². The molecule has 3 rings (SSSR count). The van der Waals surface area contributed by atoms with Crippen LogP contribution in [0.3, 0.4) is 0 Å². The van der Waals surface area contributed by atoms with Gasteiger partial charge in [0.05, 0.1) is 6.61 Å². The molecule has 1 aliphatic heterocycles. The second-order valence-corrected chi connectivity index (χ2v) is 6.06. The molecule has 0 bridgehead atoms. The van der Waals surface area contributed by atoms with Crippen LogP contribution in [0.5, 0.6) is 5.75 Å². The number of hydrogen-bond acceptors (Lipinski definition) is 2. The molecule has 2 heteroatoms. The van der Waals surface area contributed by atoms with Crippen molar-refractivity contribution in [3.8, 4) is 5.75 Å². The lowest BCUT2D eigenvalue weighted by atomic mass is 9.92. The molecule has 2 unspecified atom stereocenters. The summed E-state index contributed by atoms with van der Waals surface area (Å²) in [5, 5.41) is 3.80. The second kappa shape index (κ2) is 5.96. The summed E-state index contributed by atoms with van der Waals surface area (Å²) in [6.07, 6.45) is 6.68. The Hall–Kier alpha value is -1.02. The van der Waals surface area contributed by atoms with Gasteiger partial charge in [0.25, 0.3) is 0 Å². The van der Waals surface area contributed by atoms with Crippen LogP contribution in [-0.2, 0) is 0 Å². The molecule has 0 amide bonds. The summed E-state index contributed by atoms with van der Waals surface area (Å²) in [6.45, 7) is 4.27. The summed E-state index contributed by atoms with van der Waals surface area (Å²) in [7, 11) is 0. The molecule has 104 valence electrons. The molecule has 1 N–H and O–H groups in total. The predicted molar refractivity (Wildman–Crippen MR) is 78.7 cm³/mol. The van der Waals surface area contributed by atoms with Gasteiger partial charge in [-0.3, -0.25) is 0 Å². The van der Waals surface area contributed by atoms with Crippen LogP contribution in [-0.4, -0.2) is 19.2 Å². The molecule has 19 heavy (non-hydrogen) atoms. The average Bonchev–Trinajstić information content (AvgIpc) is 3.27. The van der Waals surface area contributed by atoms with Crippen molar-refractivity contribution in [2.24, 2.45) is 5.92 Å². The van der Waals surface area contributed by atoms with Gasteiger partial charge in [0, 0.05) is 18.5 Å². The Morgan fingerprint density at radius 1 is 1.26 bits per heavy atom. The van der Waals surface area contributed by atoms with E-state index in [1.165, 1.54) is 31.2 Å². The number of para-hydroxylation sites is 1. The smallest absolute Gasteiger partial charge is 0.122 e. The Kier molecular flexibility index (Phi) is 4.07. The van der Waals surface area contributed by atoms with E-state index in [0.717, 1.165) is 31.2 Å². The standard InChI is InChI=1S/C17H25NO/c1-2-15(11-13-7-8-13)18-12-14-9-10-19-17-6-4-3-5-16(14)17/h3-6,13-15,18H,2,7-12H2,1H3. The highest BCUT2D eigenvalue weighted by molar-refractivity contribution is 5.37. The van der Waals surface area contributed by atoms with Gasteiger partial charge in [0.2, 0.25) is 0 Å². The zero-order valence-corrected chi connectivity index (χ0v) is 11.9. The maximum absolute atomic E-state index is 5.73. The highest BCUT2D eigenvalue weighted by atomic mass is 16.5. The molecule has 0 saturated heterocycles. The lowest BCUT2D eigenvalue weighted by Crippen LogP contribution is -2.34. The van der Waals surface area contributed by atoms with E-state index in [4.69, 9.17) is 4.74 Å². The van der Waals surface area contributed by atoms with Gasteiger partial charge < -0.3 is 10.1 Å². The summed E-state index contributed by atoms with van der Waals surface area (Å²) in [4.78, 5) is 0. The second-order valence-electron chi connectivity index (χ2n) is 6.06. The first-order chi connectivity index (χ1) is 9.36. The molecule has 0 radical (unpaired) electrons. The fraction of sp³-hybridized carbons (Fsp3) is 0.647. The van der Waals surface area contributed by atoms with E-state index in [1.54, 1.807) is 0 Å². The quantitative estimate of drug-likeness (QED) is 0.840. The number of nitrogens with one attached hydrogen (secondary N) is 1. The highest BCUT2D eigenvalue weighted by Gasteiger charge is 2.26. The summed E-state index contributed by atoms with van der Waals surface area (Å²) < 4.78 is 5.73. The van der Waals surface area contributed by atoms with Crippen LogP contribution >= 0.6 is 0 Å². The van der Waals surface area contributed by atoms with Crippen molar-refractivity contribution < 1.29 is 4.74 Å². The first-order valence-corrected chi connectivity index (χ1v) is 7.82. The molecule has 1 fully saturated rings. The van der Waals surface area contributed by atoms with Gasteiger partial charge in [0.1, 0.15) is 5.75 Å². The Bertz CT molecular complexity index is 413. The fourth-order valence-corrected chi connectivity index (χ4v) is 3.09. The van der Waals surface area contributed by atoms with Gasteiger partial charge in [-0.15, -0.1) is 0 Å². The van der Waals surface area contributed by atoms with Gasteiger partial charge in [0.15, 0.2) is 0 Å². The third-order valence-electron chi connectivity index (χ3n) is 4.54. The molecule has 1 saturated carbocycles. The van der Waals surface area contributed by atoms with Crippen molar-refractivity contribution in [3.05, 3.63) is 29.8 Å². The monoisotopic (exact) mass is 259 g/mol. The van der Waals surface area contributed by atoms with Crippen LogP contribution in [0.15, 0.2) is 24.3 Å². The summed E-state index contributed by atoms with van der Waals surface area (Å²) >= 11 is 0. The largest absolute Gasteiger partial charge is 0.493 e. The van der Waals surface area contributed by atoms with Crippen LogP contribution < -0.4 is 10.1 Å². The van der Waals surface area contributed by atoms with Crippen molar-refractivity contribution in [3.63, 3.8) is 0 Å². The van der Waals surface area contributed by atoms with E-state index >= 15 is 0 Å². The van der Waals surface area contributed by atoms with Crippen molar-refractivity contribution >= 4 is 0 Å². The van der Waals surface area contributed by atoms with E-state index in [-0.39, 0.29) is 0 Å². The number of rotatable bonds is 6. The Labute approximate surface area is 116 Å². The molecule has 1 aromatic carbocycles. The lowest BCUT2D eigenvalue weighted by Gasteiger charge is -2.28. The SMILES string of the molecule is CCC(CC1CC1)NCC1CCOc2ccccc21. The minimum atomic E-state index is 0.623. The molecule has 2 nitrogen and oxygen atoms in total. The third kappa shape index (κ3) is 3.30. The summed E-state index contributed by atoms with van der Waals surface area (Å²) in [5.41, 5.74) is 1.39. The number of hydrogen-bond donors (Lipinski definition) is 1. The van der Waals surface area contributed by atoms with Crippen LogP contribution in [0, 0.1) is 5.92 Å². The first kappa shape index (κ1) is 13.0. The van der Waals surface area contributed by atoms with Gasteiger partial charge in [-0.25, -0.2) is 0 Å². The molecule has 1 aliphatic carbocycles. The molecule has 0 spiro atoms. The van der Waals surface area contributed by atoms with E-state index in [9.17, 15) is 0 Å². The Morgan fingerprint density at radius 3 is 2.89 bits per heavy atom. The van der Waals surface area contributed by atoms with Crippen LogP contribution in [0.2, 0.25) is 0 Å². The Morgan fingerprint density at radius 2 is 2.11 bits per heavy atom. The number of benzene rings is 1. The minimum Gasteiger partial charge on any atom is -0.493 e. The van der Waals surface area contributed by atoms with Gasteiger partial charge in [-0.1, -0.05) is 38.0 Å². The fourth-order valence-electron chi connectivity index (χ4n) is 3.09. The van der Waals surface area contributed by atoms with Gasteiger partial charge in [-0.05, 0) is 36.8 Å². The third-order valence-corrected chi connectivity index (χ3v) is 4.54. The molecule has 0 aromatic heterocycles. The molecule has 1 aromatic rings. The number of ether oxygens (including phenoxy) is 1. The molecule has 2 aliphatic rings. The molecule has 2 atom stereocenters. The average molecular weight is 259 g/mol. The van der Waals surface area contributed by atoms with Gasteiger partial charge in [-0.2, -0.15) is 0 Å². The maximum Gasteiger partial charge on any atom is 0.122 e. The summed E-state index contributed by atoms with van der Waals surface area (Å²) in [5.74, 6) is 2.73. The first-order valence-electron chi connectivity index (χ1n) is 7.82. The topological polar surface area (TPSA) is 21.3 Å². The normalized spacial score (nSPS) is 23.5. The van der Waals surface area contributed by atoms with Gasteiger partial charge >= 0.3 is 0 Å². The number of fused-ring (bicyclic) bond motifs is 1. The molecule has 1 heterocycles. The van der Waals surface area contributed by atoms with E-state index in [2.05, 4.69) is 36.5 Å². The van der Waals surface area contributed by atoms with Crippen molar-refractivity contribution in [1.29, 1.82) is 0 Å². The van der Waals surface area contributed by atoms with E-state index < -0.39 is 0 Å². The summed E-state index contributed by atoms with van der Waals surface area (Å²) in [6, 6.07) is 9.23. The highest BCUT2D eigenvalue weighted by Crippen LogP contribution is 2.35. The Balaban J connectivity index is 1.57. The maximum atomic E-state index is 5.73. The van der Waals surface area contributed by atoms with Crippen LogP contribution in [0.25, 0.3) is 0 Å². The minimum absolute atomic E-state index is 0.623. The van der Waals surface area contributed by atoms with E-state index in [0.29, 0.717) is 12.0 Å². The van der Waals surface area contributed by atoms with Crippen molar-refractivity contribution in [2.75, 3.05) is 13.2 Å². The lowest BCUT2D eigenvalue weighted by molar-refractivity contribution is 0.260. The molecular weight excluding hydrogens is 234 g/mol. The van der Waals surface area contributed by atoms with Crippen molar-refractivity contribution in [1.82, 2.24) is 5.32 Å². The molecular formula is C17H25NO. The zero-order valence-electron chi connectivity index (χ0n) is 11.9. The predicted octanol–water partition coefficient (Wildman–Crippen LogP) is 3.72. The van der Waals surface area contributed by atoms with Crippen LogP contribution in [0.1, 0.15) is 50.5 Å².